The lowest BCUT2D eigenvalue weighted by Crippen LogP contribution is -2.02. The average molecular weight is 299 g/mol. The van der Waals surface area contributed by atoms with Crippen LogP contribution in [0.15, 0.2) is 23.6 Å². The molecular weight excluding hydrogens is 288 g/mol. The topological polar surface area (TPSA) is 66.8 Å². The first kappa shape index (κ1) is 13.9. The molecule has 2 N–H and O–H groups in total. The van der Waals surface area contributed by atoms with Gasteiger partial charge in [0.15, 0.2) is 0 Å². The molecule has 1 heterocycles. The number of ether oxygens (including phenoxy) is 1. The van der Waals surface area contributed by atoms with Crippen molar-refractivity contribution in [2.75, 3.05) is 7.11 Å². The van der Waals surface area contributed by atoms with E-state index < -0.39 is 5.97 Å². The third-order valence-electron chi connectivity index (χ3n) is 2.67. The Labute approximate surface area is 118 Å². The van der Waals surface area contributed by atoms with Gasteiger partial charge in [0.05, 0.1) is 24.3 Å². The zero-order valence-corrected chi connectivity index (χ0v) is 11.6. The molecule has 2 aromatic rings. The highest BCUT2D eigenvalue weighted by atomic mass is 35.5. The fourth-order valence-corrected chi connectivity index (χ4v) is 2.73. The van der Waals surface area contributed by atoms with E-state index in [1.807, 2.05) is 0 Å². The summed E-state index contributed by atoms with van der Waals surface area (Å²) in [7, 11) is 1.26. The molecule has 6 heteroatoms. The van der Waals surface area contributed by atoms with Crippen LogP contribution in [0.25, 0.3) is 11.1 Å². The first-order chi connectivity index (χ1) is 9.08. The molecular formula is C13H11ClO4S. The Morgan fingerprint density at radius 2 is 2.16 bits per heavy atom. The summed E-state index contributed by atoms with van der Waals surface area (Å²) in [5.74, 6) is -0.627. The molecule has 0 aliphatic carbocycles. The maximum absolute atomic E-state index is 11.6. The molecule has 0 amide bonds. The van der Waals surface area contributed by atoms with E-state index in [0.29, 0.717) is 16.0 Å². The normalized spacial score (nSPS) is 10.5. The Bertz CT molecular complexity index is 621. The van der Waals surface area contributed by atoms with Crippen LogP contribution in [0.1, 0.15) is 15.2 Å². The predicted molar refractivity (Wildman–Crippen MR) is 73.7 cm³/mol. The van der Waals surface area contributed by atoms with Gasteiger partial charge < -0.3 is 14.9 Å². The lowest BCUT2D eigenvalue weighted by atomic mass is 10.0. The van der Waals surface area contributed by atoms with Gasteiger partial charge in [-0.1, -0.05) is 11.6 Å². The van der Waals surface area contributed by atoms with E-state index in [1.165, 1.54) is 30.6 Å². The van der Waals surface area contributed by atoms with Gasteiger partial charge in [0.25, 0.3) is 0 Å². The van der Waals surface area contributed by atoms with Crippen LogP contribution in [-0.4, -0.2) is 23.3 Å². The van der Waals surface area contributed by atoms with E-state index >= 15 is 0 Å². The summed E-state index contributed by atoms with van der Waals surface area (Å²) in [5, 5.41) is 21.1. The van der Waals surface area contributed by atoms with Crippen molar-refractivity contribution in [2.45, 2.75) is 6.61 Å². The van der Waals surface area contributed by atoms with E-state index in [-0.39, 0.29) is 22.9 Å². The second-order valence-corrected chi connectivity index (χ2v) is 5.16. The molecule has 100 valence electrons. The number of carbonyl (C=O) groups is 1. The van der Waals surface area contributed by atoms with Crippen molar-refractivity contribution in [1.29, 1.82) is 0 Å². The van der Waals surface area contributed by atoms with Gasteiger partial charge in [-0.3, -0.25) is 0 Å². The van der Waals surface area contributed by atoms with E-state index in [2.05, 4.69) is 4.74 Å². The summed E-state index contributed by atoms with van der Waals surface area (Å²) in [4.78, 5) is 12.3. The molecule has 1 aromatic carbocycles. The summed E-state index contributed by atoms with van der Waals surface area (Å²) in [6.45, 7) is -0.136. The van der Waals surface area contributed by atoms with Crippen molar-refractivity contribution < 1.29 is 19.7 Å². The lowest BCUT2D eigenvalue weighted by Gasteiger charge is -2.09. The molecule has 0 saturated heterocycles. The standard InChI is InChI=1S/C13H11ClO4S/c1-18-13(17)9-4-8(11(16)5-10(9)14)7-2-3-19-12(7)6-15/h2-5,15-16H,6H2,1H3. The molecule has 0 spiro atoms. The molecule has 0 radical (unpaired) electrons. The molecule has 0 saturated carbocycles. The summed E-state index contributed by atoms with van der Waals surface area (Å²) in [5.41, 5.74) is 1.29. The van der Waals surface area contributed by atoms with E-state index in [4.69, 9.17) is 11.6 Å². The maximum Gasteiger partial charge on any atom is 0.339 e. The number of hydrogen-bond donors (Lipinski definition) is 2. The van der Waals surface area contributed by atoms with Gasteiger partial charge >= 0.3 is 5.97 Å². The number of benzene rings is 1. The highest BCUT2D eigenvalue weighted by Crippen LogP contribution is 2.37. The lowest BCUT2D eigenvalue weighted by molar-refractivity contribution is 0.0601. The first-order valence-electron chi connectivity index (χ1n) is 5.37. The molecule has 4 nitrogen and oxygen atoms in total. The Morgan fingerprint density at radius 1 is 1.42 bits per heavy atom. The molecule has 0 bridgehead atoms. The van der Waals surface area contributed by atoms with Gasteiger partial charge in [-0.2, -0.15) is 0 Å². The monoisotopic (exact) mass is 298 g/mol. The van der Waals surface area contributed by atoms with Crippen LogP contribution in [0.3, 0.4) is 0 Å². The summed E-state index contributed by atoms with van der Waals surface area (Å²) < 4.78 is 4.63. The highest BCUT2D eigenvalue weighted by Gasteiger charge is 2.17. The van der Waals surface area contributed by atoms with Crippen LogP contribution >= 0.6 is 22.9 Å². The van der Waals surface area contributed by atoms with Crippen molar-refractivity contribution in [3.8, 4) is 16.9 Å². The summed E-state index contributed by atoms with van der Waals surface area (Å²) in [6.07, 6.45) is 0. The second kappa shape index (κ2) is 5.61. The van der Waals surface area contributed by atoms with Gasteiger partial charge in [0.1, 0.15) is 5.75 Å². The minimum atomic E-state index is -0.577. The van der Waals surface area contributed by atoms with Crippen molar-refractivity contribution in [3.05, 3.63) is 39.0 Å². The largest absolute Gasteiger partial charge is 0.507 e. The molecule has 0 unspecified atom stereocenters. The van der Waals surface area contributed by atoms with Crippen molar-refractivity contribution in [3.63, 3.8) is 0 Å². The van der Waals surface area contributed by atoms with Crippen LogP contribution in [0, 0.1) is 0 Å². The number of halogens is 1. The van der Waals surface area contributed by atoms with E-state index in [9.17, 15) is 15.0 Å². The zero-order valence-electron chi connectivity index (χ0n) is 10.0. The third-order valence-corrected chi connectivity index (χ3v) is 3.89. The van der Waals surface area contributed by atoms with E-state index in [1.54, 1.807) is 11.4 Å². The van der Waals surface area contributed by atoms with Crippen LogP contribution in [0.5, 0.6) is 5.75 Å². The number of rotatable bonds is 3. The number of thiophene rings is 1. The third kappa shape index (κ3) is 2.58. The van der Waals surface area contributed by atoms with Crippen molar-refractivity contribution >= 4 is 28.9 Å². The Hall–Kier alpha value is -1.56. The number of aliphatic hydroxyl groups excluding tert-OH is 1. The molecule has 1 aromatic heterocycles. The Kier molecular flexibility index (Phi) is 4.09. The van der Waals surface area contributed by atoms with Crippen molar-refractivity contribution in [1.82, 2.24) is 0 Å². The van der Waals surface area contributed by atoms with Gasteiger partial charge in [0, 0.05) is 22.1 Å². The Morgan fingerprint density at radius 3 is 2.79 bits per heavy atom. The summed E-state index contributed by atoms with van der Waals surface area (Å²) >= 11 is 7.27. The molecule has 0 aliphatic rings. The number of carbonyl (C=O) groups excluding carboxylic acids is 1. The molecule has 0 fully saturated rings. The fraction of sp³-hybridized carbons (Fsp3) is 0.154. The number of phenols is 1. The number of aliphatic hydroxyl groups is 1. The molecule has 0 atom stereocenters. The van der Waals surface area contributed by atoms with Crippen LogP contribution < -0.4 is 0 Å². The number of aromatic hydroxyl groups is 1. The zero-order chi connectivity index (χ0) is 14.0. The predicted octanol–water partition coefficient (Wildman–Crippen LogP) is 3.05. The number of esters is 1. The summed E-state index contributed by atoms with van der Waals surface area (Å²) in [6, 6.07) is 4.52. The Balaban J connectivity index is 2.61. The van der Waals surface area contributed by atoms with Gasteiger partial charge in [-0.25, -0.2) is 4.79 Å². The average Bonchev–Trinajstić information content (AvgIpc) is 2.86. The number of hydrogen-bond acceptors (Lipinski definition) is 5. The van der Waals surface area contributed by atoms with Gasteiger partial charge in [-0.15, -0.1) is 11.3 Å². The molecule has 0 aliphatic heterocycles. The minimum absolute atomic E-state index is 0.0502. The molecule has 2 rings (SSSR count). The number of phenolic OH excluding ortho intramolecular Hbond substituents is 1. The van der Waals surface area contributed by atoms with Crippen LogP contribution in [0.2, 0.25) is 5.02 Å². The van der Waals surface area contributed by atoms with Gasteiger partial charge in [-0.05, 0) is 17.5 Å². The smallest absolute Gasteiger partial charge is 0.339 e. The quantitative estimate of drug-likeness (QED) is 0.855. The van der Waals surface area contributed by atoms with Crippen LogP contribution in [-0.2, 0) is 11.3 Å². The fourth-order valence-electron chi connectivity index (χ4n) is 1.75. The van der Waals surface area contributed by atoms with Gasteiger partial charge in [0.2, 0.25) is 0 Å². The second-order valence-electron chi connectivity index (χ2n) is 3.76. The highest BCUT2D eigenvalue weighted by molar-refractivity contribution is 7.10. The number of methoxy groups -OCH3 is 1. The minimum Gasteiger partial charge on any atom is -0.507 e. The van der Waals surface area contributed by atoms with Crippen molar-refractivity contribution in [2.24, 2.45) is 0 Å². The maximum atomic E-state index is 11.6. The first-order valence-corrected chi connectivity index (χ1v) is 6.62. The SMILES string of the molecule is COC(=O)c1cc(-c2ccsc2CO)c(O)cc1Cl. The van der Waals surface area contributed by atoms with Crippen LogP contribution in [0.4, 0.5) is 0 Å². The molecule has 19 heavy (non-hydrogen) atoms. The van der Waals surface area contributed by atoms with E-state index in [0.717, 1.165) is 0 Å².